The molecule has 0 saturated carbocycles. The molecule has 0 bridgehead atoms. The predicted octanol–water partition coefficient (Wildman–Crippen LogP) is 5.83. The molecule has 0 unspecified atom stereocenters. The second-order valence-corrected chi connectivity index (χ2v) is 13.2. The van der Waals surface area contributed by atoms with E-state index in [1.165, 1.54) is 9.21 Å². The van der Waals surface area contributed by atoms with E-state index in [9.17, 15) is 18.0 Å². The summed E-state index contributed by atoms with van der Waals surface area (Å²) in [5.74, 6) is -0.614. The average molecular weight is 591 g/mol. The Bertz CT molecular complexity index is 1250. The van der Waals surface area contributed by atoms with Crippen LogP contribution in [0, 0.1) is 6.92 Å². The van der Waals surface area contributed by atoms with E-state index >= 15 is 0 Å². The van der Waals surface area contributed by atoms with Gasteiger partial charge in [-0.25, -0.2) is 8.42 Å². The minimum absolute atomic E-state index is 0.0178. The van der Waals surface area contributed by atoms with E-state index in [1.54, 1.807) is 50.2 Å². The van der Waals surface area contributed by atoms with Crippen molar-refractivity contribution < 1.29 is 18.0 Å². The number of amides is 2. The van der Waals surface area contributed by atoms with Gasteiger partial charge in [0.15, 0.2) is 0 Å². The van der Waals surface area contributed by atoms with Gasteiger partial charge in [0.05, 0.1) is 11.9 Å². The number of nitrogens with zero attached hydrogens (tertiary/aromatic N) is 2. The van der Waals surface area contributed by atoms with Crippen molar-refractivity contribution in [3.63, 3.8) is 0 Å². The lowest BCUT2D eigenvalue weighted by Gasteiger charge is -2.32. The van der Waals surface area contributed by atoms with Gasteiger partial charge in [0.1, 0.15) is 6.04 Å². The summed E-state index contributed by atoms with van der Waals surface area (Å²) in [4.78, 5) is 27.8. The van der Waals surface area contributed by atoms with Crippen molar-refractivity contribution in [2.24, 2.45) is 0 Å². The Morgan fingerprint density at radius 2 is 1.70 bits per heavy atom. The molecule has 7 nitrogen and oxygen atoms in total. The monoisotopic (exact) mass is 589 g/mol. The number of hydrogen-bond acceptors (Lipinski definition) is 4. The zero-order valence-electron chi connectivity index (χ0n) is 21.9. The first-order valence-electron chi connectivity index (χ1n) is 11.8. The second-order valence-electron chi connectivity index (χ2n) is 10.00. The molecule has 2 aromatic rings. The van der Waals surface area contributed by atoms with E-state index in [0.29, 0.717) is 31.9 Å². The van der Waals surface area contributed by atoms with Gasteiger partial charge in [0, 0.05) is 40.1 Å². The van der Waals surface area contributed by atoms with Crippen LogP contribution in [0.3, 0.4) is 0 Å². The number of benzene rings is 2. The Hall–Kier alpha value is -2.00. The lowest BCUT2D eigenvalue weighted by atomic mass is 10.1. The van der Waals surface area contributed by atoms with Gasteiger partial charge in [-0.2, -0.15) is 0 Å². The molecule has 0 aliphatic carbocycles. The number of carbonyl (C=O) groups is 2. The number of carbonyl (C=O) groups excluding carboxylic acids is 2. The summed E-state index contributed by atoms with van der Waals surface area (Å²) in [5.41, 5.74) is 1.25. The van der Waals surface area contributed by atoms with Crippen molar-refractivity contribution in [2.45, 2.75) is 65.6 Å². The lowest BCUT2D eigenvalue weighted by Crippen LogP contribution is -2.52. The molecule has 2 aromatic carbocycles. The van der Waals surface area contributed by atoms with E-state index in [-0.39, 0.29) is 37.7 Å². The molecule has 0 spiro atoms. The van der Waals surface area contributed by atoms with Crippen LogP contribution in [0.4, 0.5) is 5.69 Å². The largest absolute Gasteiger partial charge is 0.350 e. The summed E-state index contributed by atoms with van der Waals surface area (Å²) < 4.78 is 26.3. The molecule has 2 amide bonds. The van der Waals surface area contributed by atoms with Gasteiger partial charge in [-0.1, -0.05) is 46.9 Å². The van der Waals surface area contributed by atoms with Gasteiger partial charge in [-0.3, -0.25) is 13.9 Å². The summed E-state index contributed by atoms with van der Waals surface area (Å²) in [6.45, 7) is 9.14. The molecule has 0 aliphatic heterocycles. The highest BCUT2D eigenvalue weighted by Crippen LogP contribution is 2.29. The Morgan fingerprint density at radius 3 is 2.27 bits per heavy atom. The van der Waals surface area contributed by atoms with Crippen molar-refractivity contribution in [2.75, 3.05) is 17.1 Å². The third-order valence-corrected chi connectivity index (χ3v) is 7.86. The zero-order valence-corrected chi connectivity index (χ0v) is 25.0. The average Bonchev–Trinajstić information content (AvgIpc) is 2.76. The van der Waals surface area contributed by atoms with Crippen LogP contribution >= 0.6 is 34.8 Å². The second kappa shape index (κ2) is 12.7. The minimum Gasteiger partial charge on any atom is -0.350 e. The van der Waals surface area contributed by atoms with Gasteiger partial charge in [0.2, 0.25) is 21.8 Å². The van der Waals surface area contributed by atoms with Gasteiger partial charge < -0.3 is 10.2 Å². The first kappa shape index (κ1) is 31.2. The van der Waals surface area contributed by atoms with Gasteiger partial charge in [-0.15, -0.1) is 0 Å². The van der Waals surface area contributed by atoms with E-state index in [2.05, 4.69) is 5.32 Å². The number of halogens is 3. The first-order chi connectivity index (χ1) is 17.0. The van der Waals surface area contributed by atoms with Crippen LogP contribution in [0.25, 0.3) is 0 Å². The molecule has 0 radical (unpaired) electrons. The Kier molecular flexibility index (Phi) is 10.7. The fourth-order valence-electron chi connectivity index (χ4n) is 3.74. The molecule has 0 saturated heterocycles. The van der Waals surface area contributed by atoms with Crippen LogP contribution in [-0.2, 0) is 26.2 Å². The summed E-state index contributed by atoms with van der Waals surface area (Å²) in [7, 11) is -3.63. The smallest absolute Gasteiger partial charge is 0.242 e. The van der Waals surface area contributed by atoms with Crippen molar-refractivity contribution >= 4 is 62.3 Å². The summed E-state index contributed by atoms with van der Waals surface area (Å²) in [6.07, 6.45) is 1.36. The maximum atomic E-state index is 13.4. The maximum absolute atomic E-state index is 13.4. The molecule has 37 heavy (non-hydrogen) atoms. The third kappa shape index (κ3) is 9.06. The number of hydrogen-bond donors (Lipinski definition) is 1. The highest BCUT2D eigenvalue weighted by molar-refractivity contribution is 7.92. The molecule has 2 rings (SSSR count). The van der Waals surface area contributed by atoms with Crippen LogP contribution in [0.2, 0.25) is 15.1 Å². The van der Waals surface area contributed by atoms with E-state index in [4.69, 9.17) is 34.8 Å². The topological polar surface area (TPSA) is 86.8 Å². The normalized spacial score (nSPS) is 12.7. The number of nitrogens with one attached hydrogen (secondary N) is 1. The Morgan fingerprint density at radius 1 is 1.05 bits per heavy atom. The van der Waals surface area contributed by atoms with Crippen molar-refractivity contribution in [1.82, 2.24) is 10.2 Å². The SMILES string of the molecule is Cc1c(Cl)cccc1N(CCCC(=O)N(Cc1ccc(Cl)cc1Cl)[C@H](C)C(=O)NC(C)(C)C)S(C)(=O)=O. The fraction of sp³-hybridized carbons (Fsp3) is 0.462. The standard InChI is InChI=1S/C26H34Cl3N3O4S/c1-17-21(28)9-7-10-23(17)32(37(6,35)36)14-8-11-24(33)31(18(2)25(34)30-26(3,4)5)16-19-12-13-20(27)15-22(19)29/h7,9-10,12-13,15,18H,8,11,14,16H2,1-6H3,(H,30,34)/t18-/m1/s1. The van der Waals surface area contributed by atoms with Crippen LogP contribution < -0.4 is 9.62 Å². The summed E-state index contributed by atoms with van der Waals surface area (Å²) in [6, 6.07) is 9.22. The predicted molar refractivity (Wildman–Crippen MR) is 152 cm³/mol. The summed E-state index contributed by atoms with van der Waals surface area (Å²) >= 11 is 18.6. The maximum Gasteiger partial charge on any atom is 0.242 e. The molecule has 0 aliphatic rings. The van der Waals surface area contributed by atoms with Crippen LogP contribution in [-0.4, -0.2) is 49.5 Å². The summed E-state index contributed by atoms with van der Waals surface area (Å²) in [5, 5.41) is 4.20. The third-order valence-electron chi connectivity index (χ3n) is 5.68. The Balaban J connectivity index is 2.26. The minimum atomic E-state index is -3.63. The molecule has 1 N–H and O–H groups in total. The molecule has 0 heterocycles. The van der Waals surface area contributed by atoms with Gasteiger partial charge in [-0.05, 0) is 76.4 Å². The number of rotatable bonds is 10. The van der Waals surface area contributed by atoms with Crippen LogP contribution in [0.15, 0.2) is 36.4 Å². The first-order valence-corrected chi connectivity index (χ1v) is 14.8. The molecular formula is C26H34Cl3N3O4S. The Labute approximate surface area is 235 Å². The quantitative estimate of drug-likeness (QED) is 0.377. The highest BCUT2D eigenvalue weighted by atomic mass is 35.5. The van der Waals surface area contributed by atoms with Crippen molar-refractivity contribution in [1.29, 1.82) is 0 Å². The number of anilines is 1. The molecule has 204 valence electrons. The van der Waals surface area contributed by atoms with Crippen molar-refractivity contribution in [3.8, 4) is 0 Å². The van der Waals surface area contributed by atoms with Gasteiger partial charge >= 0.3 is 0 Å². The molecule has 0 aromatic heterocycles. The van der Waals surface area contributed by atoms with E-state index in [0.717, 1.165) is 6.26 Å². The lowest BCUT2D eigenvalue weighted by molar-refractivity contribution is -0.141. The van der Waals surface area contributed by atoms with E-state index < -0.39 is 21.6 Å². The fourth-order valence-corrected chi connectivity index (χ4v) is 5.39. The number of sulfonamides is 1. The highest BCUT2D eigenvalue weighted by Gasteiger charge is 2.29. The van der Waals surface area contributed by atoms with Crippen LogP contribution in [0.1, 0.15) is 51.7 Å². The van der Waals surface area contributed by atoms with Crippen molar-refractivity contribution in [3.05, 3.63) is 62.6 Å². The molecule has 11 heteroatoms. The molecular weight excluding hydrogens is 557 g/mol. The van der Waals surface area contributed by atoms with Crippen LogP contribution in [0.5, 0.6) is 0 Å². The molecule has 0 fully saturated rings. The molecule has 1 atom stereocenters. The van der Waals surface area contributed by atoms with Gasteiger partial charge in [0.25, 0.3) is 0 Å². The van der Waals surface area contributed by atoms with E-state index in [1.807, 2.05) is 20.8 Å². The zero-order chi connectivity index (χ0) is 28.1.